The Kier molecular flexibility index (Phi) is 6.54. The number of hydrogen-bond donors (Lipinski definition) is 2. The van der Waals surface area contributed by atoms with Crippen molar-refractivity contribution in [3.63, 3.8) is 0 Å². The molecule has 0 saturated carbocycles. The lowest BCUT2D eigenvalue weighted by molar-refractivity contribution is -0.114. The van der Waals surface area contributed by atoms with E-state index >= 15 is 0 Å². The van der Waals surface area contributed by atoms with Crippen LogP contribution in [-0.2, 0) is 9.53 Å². The van der Waals surface area contributed by atoms with Gasteiger partial charge in [0, 0.05) is 41.8 Å². The van der Waals surface area contributed by atoms with Gasteiger partial charge in [-0.05, 0) is 37.2 Å². The fourth-order valence-corrected chi connectivity index (χ4v) is 3.61. The molecule has 0 spiro atoms. The normalized spacial score (nSPS) is 19.4. The fourth-order valence-electron chi connectivity index (χ4n) is 2.52. The zero-order valence-electron chi connectivity index (χ0n) is 12.7. The van der Waals surface area contributed by atoms with Crippen LogP contribution in [0.25, 0.3) is 0 Å². The summed E-state index contributed by atoms with van der Waals surface area (Å²) in [6.07, 6.45) is 1.15. The highest BCUT2D eigenvalue weighted by Gasteiger charge is 2.24. The van der Waals surface area contributed by atoms with Crippen LogP contribution in [0, 0.1) is 5.92 Å². The van der Waals surface area contributed by atoms with Gasteiger partial charge in [-0.2, -0.15) is 0 Å². The summed E-state index contributed by atoms with van der Waals surface area (Å²) in [7, 11) is 0. The molecule has 0 radical (unpaired) electrons. The Morgan fingerprint density at radius 1 is 1.43 bits per heavy atom. The van der Waals surface area contributed by atoms with E-state index in [9.17, 15) is 4.79 Å². The van der Waals surface area contributed by atoms with Gasteiger partial charge in [-0.15, -0.1) is 11.8 Å². The lowest BCUT2D eigenvalue weighted by Gasteiger charge is -2.22. The first-order valence-electron chi connectivity index (χ1n) is 7.50. The Morgan fingerprint density at radius 2 is 2.19 bits per heavy atom. The highest BCUT2D eigenvalue weighted by atomic mass is 32.2. The van der Waals surface area contributed by atoms with Crippen molar-refractivity contribution in [2.24, 2.45) is 5.92 Å². The van der Waals surface area contributed by atoms with Crippen molar-refractivity contribution in [2.45, 2.75) is 31.2 Å². The summed E-state index contributed by atoms with van der Waals surface area (Å²) in [5.41, 5.74) is 0.847. The highest BCUT2D eigenvalue weighted by molar-refractivity contribution is 7.99. The van der Waals surface area contributed by atoms with E-state index in [1.54, 1.807) is 0 Å². The van der Waals surface area contributed by atoms with Gasteiger partial charge in [0.05, 0.1) is 6.61 Å². The topological polar surface area (TPSA) is 50.4 Å². The van der Waals surface area contributed by atoms with Crippen molar-refractivity contribution in [2.75, 3.05) is 30.8 Å². The van der Waals surface area contributed by atoms with Crippen LogP contribution in [0.5, 0.6) is 0 Å². The fraction of sp³-hybridized carbons (Fsp3) is 0.562. The SMILES string of the molecule is CCNC(CSc1ccc(NC(C)=O)cc1)C1CCOC1. The largest absolute Gasteiger partial charge is 0.381 e. The third-order valence-electron chi connectivity index (χ3n) is 3.60. The lowest BCUT2D eigenvalue weighted by Crippen LogP contribution is -2.38. The molecule has 1 aliphatic rings. The molecular weight excluding hydrogens is 284 g/mol. The number of carbonyl (C=O) groups is 1. The second-order valence-corrected chi connectivity index (χ2v) is 6.40. The minimum absolute atomic E-state index is 0.0381. The lowest BCUT2D eigenvalue weighted by atomic mass is 10.0. The van der Waals surface area contributed by atoms with Crippen LogP contribution in [0.1, 0.15) is 20.3 Å². The molecule has 2 rings (SSSR count). The molecule has 2 N–H and O–H groups in total. The number of benzene rings is 1. The van der Waals surface area contributed by atoms with E-state index in [2.05, 4.69) is 29.7 Å². The van der Waals surface area contributed by atoms with Gasteiger partial charge in [0.25, 0.3) is 0 Å². The maximum Gasteiger partial charge on any atom is 0.221 e. The molecule has 21 heavy (non-hydrogen) atoms. The molecule has 116 valence electrons. The van der Waals surface area contributed by atoms with Crippen LogP contribution in [0.4, 0.5) is 5.69 Å². The van der Waals surface area contributed by atoms with E-state index < -0.39 is 0 Å². The minimum atomic E-state index is -0.0381. The van der Waals surface area contributed by atoms with Gasteiger partial charge in [0.2, 0.25) is 5.91 Å². The Labute approximate surface area is 131 Å². The third kappa shape index (κ3) is 5.34. The van der Waals surface area contributed by atoms with Gasteiger partial charge in [0.1, 0.15) is 0 Å². The minimum Gasteiger partial charge on any atom is -0.381 e. The average molecular weight is 308 g/mol. The van der Waals surface area contributed by atoms with E-state index in [0.717, 1.165) is 37.6 Å². The van der Waals surface area contributed by atoms with Crippen molar-refractivity contribution in [3.05, 3.63) is 24.3 Å². The summed E-state index contributed by atoms with van der Waals surface area (Å²) < 4.78 is 5.50. The molecule has 2 unspecified atom stereocenters. The summed E-state index contributed by atoms with van der Waals surface area (Å²) in [5, 5.41) is 6.36. The van der Waals surface area contributed by atoms with Crippen molar-refractivity contribution in [1.29, 1.82) is 0 Å². The van der Waals surface area contributed by atoms with Gasteiger partial charge in [-0.25, -0.2) is 0 Å². The van der Waals surface area contributed by atoms with E-state index in [0.29, 0.717) is 12.0 Å². The molecule has 1 aromatic carbocycles. The Balaban J connectivity index is 1.86. The van der Waals surface area contributed by atoms with Crippen LogP contribution in [0.2, 0.25) is 0 Å². The van der Waals surface area contributed by atoms with Gasteiger partial charge >= 0.3 is 0 Å². The molecule has 1 aromatic rings. The Hall–Kier alpha value is -1.04. The van der Waals surface area contributed by atoms with Crippen LogP contribution >= 0.6 is 11.8 Å². The monoisotopic (exact) mass is 308 g/mol. The molecule has 2 atom stereocenters. The molecule has 1 fully saturated rings. The second-order valence-electron chi connectivity index (χ2n) is 5.30. The van der Waals surface area contributed by atoms with Gasteiger partial charge < -0.3 is 15.4 Å². The molecule has 4 nitrogen and oxygen atoms in total. The molecule has 5 heteroatoms. The number of carbonyl (C=O) groups excluding carboxylic acids is 1. The predicted octanol–water partition coefficient (Wildman–Crippen LogP) is 2.75. The quantitative estimate of drug-likeness (QED) is 0.761. The Morgan fingerprint density at radius 3 is 2.76 bits per heavy atom. The first kappa shape index (κ1) is 16.3. The van der Waals surface area contributed by atoms with E-state index in [1.165, 1.54) is 11.8 Å². The zero-order chi connectivity index (χ0) is 15.1. The standard InChI is InChI=1S/C16H24N2O2S/c1-3-17-16(13-8-9-20-10-13)11-21-15-6-4-14(5-7-15)18-12(2)19/h4-7,13,16-17H,3,8-11H2,1-2H3,(H,18,19). The van der Waals surface area contributed by atoms with Crippen molar-refractivity contribution in [3.8, 4) is 0 Å². The first-order valence-corrected chi connectivity index (χ1v) is 8.49. The van der Waals surface area contributed by atoms with Gasteiger partial charge in [-0.1, -0.05) is 6.92 Å². The number of rotatable bonds is 7. The highest BCUT2D eigenvalue weighted by Crippen LogP contribution is 2.25. The number of amides is 1. The Bertz CT molecular complexity index is 444. The van der Waals surface area contributed by atoms with Gasteiger partial charge in [0.15, 0.2) is 0 Å². The molecular formula is C16H24N2O2S. The van der Waals surface area contributed by atoms with E-state index in [-0.39, 0.29) is 5.91 Å². The number of thioether (sulfide) groups is 1. The molecule has 1 heterocycles. The number of anilines is 1. The third-order valence-corrected chi connectivity index (χ3v) is 4.74. The first-order chi connectivity index (χ1) is 10.2. The van der Waals surface area contributed by atoms with Crippen LogP contribution in [0.15, 0.2) is 29.2 Å². The summed E-state index contributed by atoms with van der Waals surface area (Å²) in [4.78, 5) is 12.2. The number of nitrogens with one attached hydrogen (secondary N) is 2. The molecule has 0 aromatic heterocycles. The number of ether oxygens (including phenoxy) is 1. The molecule has 1 amide bonds. The van der Waals surface area contributed by atoms with Crippen LogP contribution in [0.3, 0.4) is 0 Å². The van der Waals surface area contributed by atoms with Crippen molar-refractivity contribution < 1.29 is 9.53 Å². The van der Waals surface area contributed by atoms with Crippen LogP contribution < -0.4 is 10.6 Å². The second kappa shape index (κ2) is 8.41. The smallest absolute Gasteiger partial charge is 0.221 e. The van der Waals surface area contributed by atoms with Crippen LogP contribution in [-0.4, -0.2) is 37.5 Å². The maximum absolute atomic E-state index is 11.0. The maximum atomic E-state index is 11.0. The summed E-state index contributed by atoms with van der Waals surface area (Å²) >= 11 is 1.85. The molecule has 1 aliphatic heterocycles. The average Bonchev–Trinajstić information content (AvgIpc) is 2.98. The molecule has 1 saturated heterocycles. The van der Waals surface area contributed by atoms with E-state index in [1.807, 2.05) is 23.9 Å². The molecule has 0 aliphatic carbocycles. The van der Waals surface area contributed by atoms with Crippen molar-refractivity contribution >= 4 is 23.4 Å². The zero-order valence-corrected chi connectivity index (χ0v) is 13.5. The van der Waals surface area contributed by atoms with Crippen molar-refractivity contribution in [1.82, 2.24) is 5.32 Å². The summed E-state index contributed by atoms with van der Waals surface area (Å²) in [6, 6.07) is 8.52. The summed E-state index contributed by atoms with van der Waals surface area (Å²) in [6.45, 7) is 6.43. The molecule has 0 bridgehead atoms. The van der Waals surface area contributed by atoms with E-state index in [4.69, 9.17) is 4.74 Å². The summed E-state index contributed by atoms with van der Waals surface area (Å²) in [5.74, 6) is 1.63. The van der Waals surface area contributed by atoms with Gasteiger partial charge in [-0.3, -0.25) is 4.79 Å². The number of hydrogen-bond acceptors (Lipinski definition) is 4. The predicted molar refractivity (Wildman–Crippen MR) is 87.9 cm³/mol.